The maximum Gasteiger partial charge on any atom is 0.309 e. The number of fused-ring (bicyclic) bond motifs is 7. The van der Waals surface area contributed by atoms with Crippen molar-refractivity contribution in [2.24, 2.45) is 79.3 Å². The van der Waals surface area contributed by atoms with Gasteiger partial charge < -0.3 is 19.4 Å². The first-order valence-corrected chi connectivity index (χ1v) is 26.5. The smallest absolute Gasteiger partial charge is 0.309 e. The molecule has 1 amide bonds. The lowest BCUT2D eigenvalue weighted by atomic mass is 9.32. The number of pyridine rings is 1. The Labute approximate surface area is 400 Å². The fourth-order valence-corrected chi connectivity index (χ4v) is 18.0. The molecule has 1 saturated heterocycles. The zero-order chi connectivity index (χ0) is 46.9. The Balaban J connectivity index is 0.806. The molecule has 360 valence electrons. The summed E-state index contributed by atoms with van der Waals surface area (Å²) in [5.41, 5.74) is 2.78. The summed E-state index contributed by atoms with van der Waals surface area (Å²) in [5.74, 6) is 2.97. The standard InChI is InChI=1S/C58H78N4O5/c1-52(2)40(49(63)66-35-36-14-10-9-11-15-36)32-41(52)50(64)67-46-22-23-55(6)44(53(46,3)4)21-24-57(8)45(55)19-18-39-47-38(54(5)26-27-54)20-25-58(47,29-28-56(39,57)7)51(65)62-31-13-17-43(62)48-60-34-42(61-48)37-16-12-30-59-33-37/h9-12,14-16,30,33-34,38-41,43-47H,13,17-29,31-32,35H2,1-8H3,(H,60,61)/t38-,39-,40?,41?,43?,44+,45-,46+,47-,55+,56-,57-,58+/m1/s1. The lowest BCUT2D eigenvalue weighted by Gasteiger charge is -2.73. The molecule has 0 bridgehead atoms. The number of amides is 1. The summed E-state index contributed by atoms with van der Waals surface area (Å²) in [5, 5.41) is 0. The van der Waals surface area contributed by atoms with Gasteiger partial charge in [0.15, 0.2) is 0 Å². The summed E-state index contributed by atoms with van der Waals surface area (Å²) in [7, 11) is 0. The molecule has 13 atom stereocenters. The van der Waals surface area contributed by atoms with Gasteiger partial charge in [-0.3, -0.25) is 19.4 Å². The number of rotatable bonds is 9. The van der Waals surface area contributed by atoms with E-state index in [0.29, 0.717) is 47.3 Å². The molecule has 1 aliphatic heterocycles. The van der Waals surface area contributed by atoms with E-state index in [2.05, 4.69) is 62.5 Å². The van der Waals surface area contributed by atoms with Crippen molar-refractivity contribution in [3.8, 4) is 11.3 Å². The van der Waals surface area contributed by atoms with Gasteiger partial charge in [-0.25, -0.2) is 4.98 Å². The topological polar surface area (TPSA) is 114 Å². The van der Waals surface area contributed by atoms with Crippen LogP contribution in [0.2, 0.25) is 0 Å². The van der Waals surface area contributed by atoms with Gasteiger partial charge in [-0.15, -0.1) is 0 Å². The molecule has 0 spiro atoms. The Bertz CT molecular complexity index is 2390. The number of nitrogens with zero attached hydrogens (tertiary/aromatic N) is 3. The van der Waals surface area contributed by atoms with Crippen LogP contribution in [0.25, 0.3) is 11.3 Å². The van der Waals surface area contributed by atoms with E-state index in [1.54, 1.807) is 6.20 Å². The van der Waals surface area contributed by atoms with Crippen molar-refractivity contribution in [1.29, 1.82) is 0 Å². The van der Waals surface area contributed by atoms with E-state index in [1.807, 2.05) is 62.6 Å². The van der Waals surface area contributed by atoms with Crippen LogP contribution in [0, 0.1) is 79.3 Å². The van der Waals surface area contributed by atoms with Crippen LogP contribution < -0.4 is 0 Å². The highest BCUT2D eigenvalue weighted by atomic mass is 16.5. The maximum atomic E-state index is 15.8. The molecular formula is C58H78N4O5. The van der Waals surface area contributed by atoms with Gasteiger partial charge in [-0.1, -0.05) is 85.7 Å². The summed E-state index contributed by atoms with van der Waals surface area (Å²) in [4.78, 5) is 58.3. The number of likely N-dealkylation sites (tertiary alicyclic amines) is 1. The Kier molecular flexibility index (Phi) is 10.7. The van der Waals surface area contributed by atoms with E-state index in [1.165, 1.54) is 38.5 Å². The lowest BCUT2D eigenvalue weighted by molar-refractivity contribution is -0.253. The predicted octanol–water partition coefficient (Wildman–Crippen LogP) is 12.3. The number of imidazole rings is 1. The van der Waals surface area contributed by atoms with Gasteiger partial charge in [0.2, 0.25) is 5.91 Å². The fraction of sp³-hybridized carbons (Fsp3) is 0.707. The first kappa shape index (κ1) is 45.4. The quantitative estimate of drug-likeness (QED) is 0.213. The SMILES string of the molecule is CC1(C)C(C(=O)OCc2ccccc2)CC1C(=O)O[C@H]1CC[C@]2(C)[C@H]3CC[C@@H]4[C@H]5[C@H](C6(C)CC6)CC[C@]5(C(=O)N5CCCC5c5ncc(-c6cccnc6)[nH]5)CC[C@@]4(C)[C@]3(C)CC[C@H]2C1(C)C. The Morgan fingerprint density at radius 3 is 2.22 bits per heavy atom. The zero-order valence-electron chi connectivity index (χ0n) is 41.9. The number of ether oxygens (including phenoxy) is 2. The number of nitrogens with one attached hydrogen (secondary N) is 1. The monoisotopic (exact) mass is 911 g/mol. The Morgan fingerprint density at radius 2 is 1.49 bits per heavy atom. The number of carbonyl (C=O) groups excluding carboxylic acids is 3. The Hall–Kier alpha value is -4.01. The van der Waals surface area contributed by atoms with Crippen molar-refractivity contribution in [2.75, 3.05) is 6.54 Å². The molecule has 3 heterocycles. The molecule has 9 heteroatoms. The Morgan fingerprint density at radius 1 is 0.716 bits per heavy atom. The second kappa shape index (κ2) is 15.8. The molecule has 2 aromatic heterocycles. The van der Waals surface area contributed by atoms with Gasteiger partial charge in [0.05, 0.1) is 35.2 Å². The summed E-state index contributed by atoms with van der Waals surface area (Å²) in [6, 6.07) is 13.8. The molecule has 8 aliphatic rings. The number of hydrogen-bond acceptors (Lipinski definition) is 7. The number of carbonyl (C=O) groups is 3. The molecule has 0 radical (unpaired) electrons. The van der Waals surface area contributed by atoms with Crippen LogP contribution in [0.15, 0.2) is 61.1 Å². The van der Waals surface area contributed by atoms with Crippen molar-refractivity contribution < 1.29 is 23.9 Å². The molecule has 1 N–H and O–H groups in total. The van der Waals surface area contributed by atoms with Crippen molar-refractivity contribution in [2.45, 2.75) is 170 Å². The molecule has 7 aliphatic carbocycles. The van der Waals surface area contributed by atoms with Crippen molar-refractivity contribution in [3.63, 3.8) is 0 Å². The van der Waals surface area contributed by atoms with Gasteiger partial charge >= 0.3 is 11.9 Å². The van der Waals surface area contributed by atoms with Gasteiger partial charge in [-0.2, -0.15) is 0 Å². The second-order valence-electron chi connectivity index (χ2n) is 25.8. The van der Waals surface area contributed by atoms with Gasteiger partial charge in [-0.05, 0) is 171 Å². The van der Waals surface area contributed by atoms with E-state index < -0.39 is 5.41 Å². The first-order chi connectivity index (χ1) is 31.9. The van der Waals surface area contributed by atoms with E-state index >= 15 is 4.79 Å². The van der Waals surface area contributed by atoms with Crippen molar-refractivity contribution in [3.05, 3.63) is 72.4 Å². The highest BCUT2D eigenvalue weighted by Crippen LogP contribution is 2.79. The molecule has 67 heavy (non-hydrogen) atoms. The molecule has 11 rings (SSSR count). The van der Waals surface area contributed by atoms with Crippen LogP contribution in [0.1, 0.15) is 169 Å². The number of esters is 2. The van der Waals surface area contributed by atoms with Crippen LogP contribution in [-0.2, 0) is 30.5 Å². The summed E-state index contributed by atoms with van der Waals surface area (Å²) in [6.07, 6.45) is 21.6. The third kappa shape index (κ3) is 6.74. The summed E-state index contributed by atoms with van der Waals surface area (Å²) in [6.45, 7) is 20.5. The normalized spacial score (nSPS) is 40.8. The summed E-state index contributed by atoms with van der Waals surface area (Å²) < 4.78 is 12.4. The highest BCUT2D eigenvalue weighted by molar-refractivity contribution is 5.85. The molecular weight excluding hydrogens is 833 g/mol. The largest absolute Gasteiger partial charge is 0.462 e. The van der Waals surface area contributed by atoms with Crippen molar-refractivity contribution >= 4 is 17.8 Å². The number of hydrogen-bond donors (Lipinski definition) is 1. The van der Waals surface area contributed by atoms with Crippen LogP contribution in [0.3, 0.4) is 0 Å². The molecule has 8 fully saturated rings. The minimum atomic E-state index is -0.517. The van der Waals surface area contributed by atoms with Gasteiger partial charge in [0.25, 0.3) is 0 Å². The number of aromatic amines is 1. The number of H-pyrrole nitrogens is 1. The van der Waals surface area contributed by atoms with E-state index in [4.69, 9.17) is 14.5 Å². The average Bonchev–Trinajstić information content (AvgIpc) is 3.68. The van der Waals surface area contributed by atoms with Gasteiger partial charge in [0.1, 0.15) is 18.5 Å². The van der Waals surface area contributed by atoms with E-state index in [9.17, 15) is 9.59 Å². The van der Waals surface area contributed by atoms with Crippen LogP contribution in [0.4, 0.5) is 0 Å². The lowest BCUT2D eigenvalue weighted by Crippen LogP contribution is -2.67. The van der Waals surface area contributed by atoms with Crippen LogP contribution in [-0.4, -0.2) is 50.3 Å². The molecule has 1 aromatic carbocycles. The first-order valence-electron chi connectivity index (χ1n) is 26.5. The van der Waals surface area contributed by atoms with Gasteiger partial charge in [0, 0.05) is 29.9 Å². The predicted molar refractivity (Wildman–Crippen MR) is 258 cm³/mol. The third-order valence-corrected chi connectivity index (χ3v) is 22.4. The second-order valence-corrected chi connectivity index (χ2v) is 25.8. The minimum Gasteiger partial charge on any atom is -0.462 e. The molecule has 3 aromatic rings. The number of benzene rings is 1. The van der Waals surface area contributed by atoms with E-state index in [-0.39, 0.29) is 69.6 Å². The highest BCUT2D eigenvalue weighted by Gasteiger charge is 2.74. The van der Waals surface area contributed by atoms with Crippen LogP contribution >= 0.6 is 0 Å². The van der Waals surface area contributed by atoms with E-state index in [0.717, 1.165) is 80.6 Å². The third-order valence-electron chi connectivity index (χ3n) is 22.4. The summed E-state index contributed by atoms with van der Waals surface area (Å²) >= 11 is 0. The average molecular weight is 911 g/mol. The zero-order valence-corrected chi connectivity index (χ0v) is 41.9. The van der Waals surface area contributed by atoms with Crippen molar-refractivity contribution in [1.82, 2.24) is 19.9 Å². The maximum absolute atomic E-state index is 15.8. The molecule has 7 saturated carbocycles. The number of aromatic nitrogens is 3. The molecule has 3 unspecified atom stereocenters. The minimum absolute atomic E-state index is 0.0100. The van der Waals surface area contributed by atoms with Crippen LogP contribution in [0.5, 0.6) is 0 Å². The fourth-order valence-electron chi connectivity index (χ4n) is 18.0. The molecule has 9 nitrogen and oxygen atoms in total.